The first-order chi connectivity index (χ1) is 54.6. The number of hydrogen-bond acceptors (Lipinski definition) is 15. The van der Waals surface area contributed by atoms with Crippen LogP contribution in [0.15, 0.2) is 0 Å². The van der Waals surface area contributed by atoms with Gasteiger partial charge in [0.25, 0.3) is 0 Å². The van der Waals surface area contributed by atoms with Gasteiger partial charge in [-0.05, 0) is 31.6 Å². The topological polar surface area (TPSA) is 237 Å². The predicted octanol–water partition coefficient (Wildman–Crippen LogP) is 29.1. The molecule has 3 N–H and O–H groups in total. The fraction of sp³-hybridized carbons (Fsp3) is 0.957. The number of unbranched alkanes of at least 4 members (excludes halogenated alkanes) is 64. The normalized spacial score (nSPS) is 13.9. The Morgan fingerprint density at radius 2 is 0.429 bits per heavy atom. The molecule has 0 saturated carbocycles. The van der Waals surface area contributed by atoms with Crippen molar-refractivity contribution in [3.05, 3.63) is 0 Å². The van der Waals surface area contributed by atoms with Gasteiger partial charge in [0, 0.05) is 25.7 Å². The van der Waals surface area contributed by atoms with Crippen molar-refractivity contribution in [2.45, 2.75) is 528 Å². The summed E-state index contributed by atoms with van der Waals surface area (Å²) in [6.07, 6.45) is 82.1. The third kappa shape index (κ3) is 84.5. The number of phosphoric acid groups is 2. The van der Waals surface area contributed by atoms with Crippen LogP contribution >= 0.6 is 15.6 Å². The summed E-state index contributed by atoms with van der Waals surface area (Å²) < 4.78 is 69.1. The maximum Gasteiger partial charge on any atom is 0.472 e. The van der Waals surface area contributed by atoms with Gasteiger partial charge < -0.3 is 33.8 Å². The average Bonchev–Trinajstić information content (AvgIpc) is 0.909. The molecular formula is C93H182O17P2. The lowest BCUT2D eigenvalue weighted by Crippen LogP contribution is -2.30. The molecular weight excluding hydrogens is 1450 g/mol. The summed E-state index contributed by atoms with van der Waals surface area (Å²) in [6.45, 7) is 7.41. The van der Waals surface area contributed by atoms with Crippen LogP contribution in [0.5, 0.6) is 0 Å². The van der Waals surface area contributed by atoms with Crippen LogP contribution in [0.2, 0.25) is 0 Å². The zero-order valence-electron chi connectivity index (χ0n) is 73.8. The maximum absolute atomic E-state index is 13.2. The molecule has 0 aliphatic carbocycles. The first-order valence-electron chi connectivity index (χ1n) is 48.2. The number of aliphatic hydroxyl groups is 1. The predicted molar refractivity (Wildman–Crippen MR) is 465 cm³/mol. The quantitative estimate of drug-likeness (QED) is 0.0222. The van der Waals surface area contributed by atoms with Crippen LogP contribution in [0.4, 0.5) is 0 Å². The van der Waals surface area contributed by atoms with E-state index in [9.17, 15) is 43.2 Å². The number of carbonyl (C=O) groups excluding carboxylic acids is 4. The van der Waals surface area contributed by atoms with Crippen LogP contribution in [0.1, 0.15) is 510 Å². The van der Waals surface area contributed by atoms with Gasteiger partial charge >= 0.3 is 39.5 Å². The number of ether oxygens (including phenoxy) is 4. The van der Waals surface area contributed by atoms with Crippen LogP contribution < -0.4 is 0 Å². The number of rotatable bonds is 93. The van der Waals surface area contributed by atoms with E-state index < -0.39 is 97.5 Å². The van der Waals surface area contributed by atoms with Gasteiger partial charge in [-0.25, -0.2) is 9.13 Å². The highest BCUT2D eigenvalue weighted by atomic mass is 31.2. The SMILES string of the molecule is CCCCCCCCCCCCCCCCCCCCCCCCC(=O)O[C@H](COC(=O)CCCCCCCCCCCCCCCCCCCCCCC)COP(=O)(O)OC[C@@H](O)COP(=O)(O)OC[C@@H](COC(=O)CCCCCCCCCCC(C)CC)OC(=O)CCCCCCCCCCCCCCCCCCC. The van der Waals surface area contributed by atoms with Crippen molar-refractivity contribution in [2.75, 3.05) is 39.6 Å². The summed E-state index contributed by atoms with van der Waals surface area (Å²) in [5.74, 6) is -1.31. The van der Waals surface area contributed by atoms with Gasteiger partial charge in [0.1, 0.15) is 19.3 Å². The van der Waals surface area contributed by atoms with Crippen molar-refractivity contribution in [1.82, 2.24) is 0 Å². The zero-order valence-corrected chi connectivity index (χ0v) is 75.6. The second-order valence-corrected chi connectivity index (χ2v) is 36.6. The molecule has 0 rings (SSSR count). The number of carbonyl (C=O) groups is 4. The molecule has 0 amide bonds. The molecule has 0 aromatic rings. The van der Waals surface area contributed by atoms with Gasteiger partial charge in [0.15, 0.2) is 12.2 Å². The molecule has 6 atom stereocenters. The Balaban J connectivity index is 5.24. The second kappa shape index (κ2) is 85.5. The van der Waals surface area contributed by atoms with Crippen molar-refractivity contribution in [2.24, 2.45) is 5.92 Å². The first kappa shape index (κ1) is 110. The molecule has 0 spiro atoms. The Morgan fingerprint density at radius 1 is 0.250 bits per heavy atom. The summed E-state index contributed by atoms with van der Waals surface area (Å²) in [6, 6.07) is 0. The van der Waals surface area contributed by atoms with E-state index in [1.54, 1.807) is 0 Å². The minimum absolute atomic E-state index is 0.109. The van der Waals surface area contributed by atoms with E-state index in [1.165, 1.54) is 334 Å². The lowest BCUT2D eigenvalue weighted by Gasteiger charge is -2.21. The summed E-state index contributed by atoms with van der Waals surface area (Å²) in [7, 11) is -9.94. The van der Waals surface area contributed by atoms with Crippen LogP contribution in [-0.2, 0) is 65.4 Å². The van der Waals surface area contributed by atoms with Gasteiger partial charge in [-0.15, -0.1) is 0 Å². The van der Waals surface area contributed by atoms with E-state index >= 15 is 0 Å². The highest BCUT2D eigenvalue weighted by molar-refractivity contribution is 7.47. The fourth-order valence-electron chi connectivity index (χ4n) is 14.7. The largest absolute Gasteiger partial charge is 0.472 e. The molecule has 0 aromatic carbocycles. The van der Waals surface area contributed by atoms with E-state index in [1.807, 2.05) is 0 Å². The van der Waals surface area contributed by atoms with Gasteiger partial charge in [-0.1, -0.05) is 458 Å². The molecule has 0 aromatic heterocycles. The smallest absolute Gasteiger partial charge is 0.462 e. The third-order valence-electron chi connectivity index (χ3n) is 22.4. The van der Waals surface area contributed by atoms with Gasteiger partial charge in [0.05, 0.1) is 26.4 Å². The highest BCUT2D eigenvalue weighted by Crippen LogP contribution is 2.45. The van der Waals surface area contributed by atoms with Crippen molar-refractivity contribution < 1.29 is 80.2 Å². The van der Waals surface area contributed by atoms with E-state index in [-0.39, 0.29) is 25.7 Å². The number of aliphatic hydroxyl groups excluding tert-OH is 1. The van der Waals surface area contributed by atoms with Crippen molar-refractivity contribution in [3.8, 4) is 0 Å². The van der Waals surface area contributed by atoms with E-state index in [0.29, 0.717) is 25.7 Å². The molecule has 17 nitrogen and oxygen atoms in total. The standard InChI is InChI=1S/C93H182O17P2/c1-6-10-13-16-19-22-25-28-31-34-36-38-40-42-45-48-51-54-57-64-69-74-78-92(97)109-88(82-103-90(95)76-71-66-61-55-52-49-46-44-41-39-37-35-32-29-26-23-20-17-14-11-7-2)84-107-111(99,100)105-80-87(94)81-106-112(101,102)108-85-89(83-104-91(96)77-72-67-62-59-58-60-65-70-75-86(5)9-4)110-93(98)79-73-68-63-56-53-50-47-43-33-30-27-24-21-18-15-12-8-3/h86-89,94H,6-85H2,1-5H3,(H,99,100)(H,101,102)/t86?,87-,88-,89-/m1/s1. The number of phosphoric ester groups is 2. The Labute approximate surface area is 689 Å². The molecule has 3 unspecified atom stereocenters. The Bertz CT molecular complexity index is 2120. The van der Waals surface area contributed by atoms with E-state index in [0.717, 1.165) is 95.8 Å². The third-order valence-corrected chi connectivity index (χ3v) is 24.3. The summed E-state index contributed by atoms with van der Waals surface area (Å²) in [4.78, 5) is 73.5. The molecule has 666 valence electrons. The molecule has 0 bridgehead atoms. The molecule has 0 radical (unpaired) electrons. The molecule has 0 heterocycles. The van der Waals surface area contributed by atoms with E-state index in [2.05, 4.69) is 34.6 Å². The summed E-state index contributed by atoms with van der Waals surface area (Å²) in [5.41, 5.74) is 0. The minimum atomic E-state index is -4.97. The van der Waals surface area contributed by atoms with Crippen molar-refractivity contribution >= 4 is 39.5 Å². The molecule has 19 heteroatoms. The molecule has 0 fully saturated rings. The molecule has 112 heavy (non-hydrogen) atoms. The van der Waals surface area contributed by atoms with Crippen molar-refractivity contribution in [3.63, 3.8) is 0 Å². The Hall–Kier alpha value is -1.94. The van der Waals surface area contributed by atoms with Gasteiger partial charge in [0.2, 0.25) is 0 Å². The first-order valence-corrected chi connectivity index (χ1v) is 51.2. The maximum atomic E-state index is 13.2. The minimum Gasteiger partial charge on any atom is -0.462 e. The van der Waals surface area contributed by atoms with Crippen LogP contribution in [0.3, 0.4) is 0 Å². The average molecular weight is 1630 g/mol. The number of hydrogen-bond donors (Lipinski definition) is 3. The summed E-state index contributed by atoms with van der Waals surface area (Å²) >= 11 is 0. The zero-order chi connectivity index (χ0) is 81.8. The van der Waals surface area contributed by atoms with Gasteiger partial charge in [-0.3, -0.25) is 37.3 Å². The Kier molecular flexibility index (Phi) is 84.0. The van der Waals surface area contributed by atoms with Crippen LogP contribution in [0, 0.1) is 5.92 Å². The summed E-state index contributed by atoms with van der Waals surface area (Å²) in [5, 5.41) is 10.7. The molecule has 0 saturated heterocycles. The second-order valence-electron chi connectivity index (χ2n) is 33.6. The Morgan fingerprint density at radius 3 is 0.634 bits per heavy atom. The number of esters is 4. The van der Waals surface area contributed by atoms with Crippen LogP contribution in [-0.4, -0.2) is 96.7 Å². The highest BCUT2D eigenvalue weighted by Gasteiger charge is 2.31. The van der Waals surface area contributed by atoms with Crippen molar-refractivity contribution in [1.29, 1.82) is 0 Å². The lowest BCUT2D eigenvalue weighted by molar-refractivity contribution is -0.161. The lowest BCUT2D eigenvalue weighted by atomic mass is 9.99. The van der Waals surface area contributed by atoms with Gasteiger partial charge in [-0.2, -0.15) is 0 Å². The monoisotopic (exact) mass is 1630 g/mol. The van der Waals surface area contributed by atoms with Crippen LogP contribution in [0.25, 0.3) is 0 Å². The molecule has 0 aliphatic rings. The van der Waals surface area contributed by atoms with E-state index in [4.69, 9.17) is 37.0 Å². The fourth-order valence-corrected chi connectivity index (χ4v) is 16.3. The molecule has 0 aliphatic heterocycles.